The normalized spacial score (nSPS) is 11.6. The summed E-state index contributed by atoms with van der Waals surface area (Å²) >= 11 is 0. The van der Waals surface area contributed by atoms with E-state index < -0.39 is 0 Å². The van der Waals surface area contributed by atoms with Gasteiger partial charge in [0, 0.05) is 51.7 Å². The van der Waals surface area contributed by atoms with E-state index in [2.05, 4.69) is 26.5 Å². The number of ether oxygens (including phenoxy) is 9. The Balaban J connectivity index is 2.68. The van der Waals surface area contributed by atoms with Gasteiger partial charge in [-0.15, -0.1) is 0 Å². The Labute approximate surface area is 261 Å². The maximum atomic E-state index is 13.9. The molecule has 2 rings (SSSR count). The summed E-state index contributed by atoms with van der Waals surface area (Å²) in [5.41, 5.74) is 3.72. The number of hydrogen-bond acceptors (Lipinski definition) is 10. The summed E-state index contributed by atoms with van der Waals surface area (Å²) in [6.07, 6.45) is 6.49. The summed E-state index contributed by atoms with van der Waals surface area (Å²) in [7, 11) is 7.59. The largest absolute Gasteiger partial charge is 0.496 e. The minimum atomic E-state index is -0.360. The highest BCUT2D eigenvalue weighted by Gasteiger charge is 2.27. The van der Waals surface area contributed by atoms with E-state index in [1.54, 1.807) is 30.3 Å². The third-order valence-electron chi connectivity index (χ3n) is 6.46. The lowest BCUT2D eigenvalue weighted by Gasteiger charge is -2.24. The van der Waals surface area contributed by atoms with Gasteiger partial charge >= 0.3 is 0 Å². The minimum absolute atomic E-state index is 0.00683. The third-order valence-corrected chi connectivity index (χ3v) is 6.46. The van der Waals surface area contributed by atoms with E-state index in [-0.39, 0.29) is 50.2 Å². The van der Waals surface area contributed by atoms with Crippen molar-refractivity contribution < 1.29 is 47.4 Å². The number of benzene rings is 2. The molecule has 0 aliphatic carbocycles. The fourth-order valence-corrected chi connectivity index (χ4v) is 4.22. The summed E-state index contributed by atoms with van der Waals surface area (Å²) < 4.78 is 49.5. The van der Waals surface area contributed by atoms with Gasteiger partial charge in [-0.1, -0.05) is 23.8 Å². The standard InChI is InChI=1S/C34H46O10/c1-23(2)10-11-26(24(3)4)16-28-31(43-21-38-7)18-32(40-9)33(34(28)44-22-39-8)29(35)15-13-25-12-14-27(41-19-36-5)17-30(25)42-20-37-6/h10,12-15,17-18,26H,3,11,16,19-22H2,1-2,4-9H3/b15-13+. The van der Waals surface area contributed by atoms with Crippen LogP contribution in [-0.4, -0.2) is 68.5 Å². The van der Waals surface area contributed by atoms with Crippen LogP contribution in [0.1, 0.15) is 48.7 Å². The molecular weight excluding hydrogens is 568 g/mol. The van der Waals surface area contributed by atoms with E-state index in [9.17, 15) is 4.79 Å². The number of allylic oxidation sites excluding steroid dienone is 4. The first-order chi connectivity index (χ1) is 21.2. The lowest BCUT2D eigenvalue weighted by molar-refractivity contribution is 0.0436. The molecule has 0 fully saturated rings. The van der Waals surface area contributed by atoms with Crippen molar-refractivity contribution in [1.29, 1.82) is 0 Å². The zero-order valence-electron chi connectivity index (χ0n) is 27.2. The molecule has 0 heterocycles. The van der Waals surface area contributed by atoms with Crippen LogP contribution in [0.5, 0.6) is 28.7 Å². The Hall–Kier alpha value is -3.83. The highest BCUT2D eigenvalue weighted by Crippen LogP contribution is 2.42. The SMILES string of the molecule is C=C(C)C(CC=C(C)C)Cc1c(OCOC)cc(OC)c(C(=O)/C=C/c2ccc(OCOC)cc2OCOC)c1OCOC. The van der Waals surface area contributed by atoms with Crippen molar-refractivity contribution in [3.05, 3.63) is 70.8 Å². The van der Waals surface area contributed by atoms with E-state index in [1.807, 2.05) is 6.92 Å². The van der Waals surface area contributed by atoms with E-state index in [4.69, 9.17) is 42.6 Å². The molecule has 0 radical (unpaired) electrons. The third kappa shape index (κ3) is 11.0. The van der Waals surface area contributed by atoms with Crippen LogP contribution in [0.3, 0.4) is 0 Å². The first kappa shape index (κ1) is 36.4. The lowest BCUT2D eigenvalue weighted by atomic mass is 9.87. The van der Waals surface area contributed by atoms with E-state index in [1.165, 1.54) is 47.2 Å². The van der Waals surface area contributed by atoms with Gasteiger partial charge in [0.2, 0.25) is 0 Å². The van der Waals surface area contributed by atoms with Gasteiger partial charge in [-0.2, -0.15) is 0 Å². The van der Waals surface area contributed by atoms with Crippen molar-refractivity contribution >= 4 is 11.9 Å². The van der Waals surface area contributed by atoms with Crippen molar-refractivity contribution in [2.24, 2.45) is 5.92 Å². The Morgan fingerprint density at radius 3 is 2.00 bits per heavy atom. The molecular formula is C34H46O10. The Bertz CT molecular complexity index is 1280. The molecule has 0 bridgehead atoms. The van der Waals surface area contributed by atoms with E-state index in [0.717, 1.165) is 12.0 Å². The van der Waals surface area contributed by atoms with Crippen molar-refractivity contribution in [2.75, 3.05) is 62.7 Å². The van der Waals surface area contributed by atoms with Crippen LogP contribution in [0.25, 0.3) is 6.08 Å². The summed E-state index contributed by atoms with van der Waals surface area (Å²) in [5.74, 6) is 1.73. The molecule has 2 aromatic carbocycles. The zero-order valence-corrected chi connectivity index (χ0v) is 27.2. The van der Waals surface area contributed by atoms with E-state index >= 15 is 0 Å². The predicted octanol–water partition coefficient (Wildman–Crippen LogP) is 6.61. The summed E-state index contributed by atoms with van der Waals surface area (Å²) in [6, 6.07) is 6.90. The van der Waals surface area contributed by atoms with Gasteiger partial charge in [-0.25, -0.2) is 0 Å². The second-order valence-electron chi connectivity index (χ2n) is 10.1. The minimum Gasteiger partial charge on any atom is -0.496 e. The fraction of sp³-hybridized carbons (Fsp3) is 0.441. The molecule has 0 aliphatic rings. The van der Waals surface area contributed by atoms with E-state index in [0.29, 0.717) is 40.5 Å². The molecule has 0 saturated carbocycles. The van der Waals surface area contributed by atoms with Gasteiger partial charge in [0.1, 0.15) is 34.3 Å². The van der Waals surface area contributed by atoms with Crippen molar-refractivity contribution in [3.63, 3.8) is 0 Å². The van der Waals surface area contributed by atoms with Crippen LogP contribution in [0.4, 0.5) is 0 Å². The van der Waals surface area contributed by atoms with Crippen LogP contribution < -0.4 is 23.7 Å². The molecule has 10 nitrogen and oxygen atoms in total. The molecule has 2 aromatic rings. The lowest BCUT2D eigenvalue weighted by Crippen LogP contribution is -2.15. The molecule has 0 amide bonds. The van der Waals surface area contributed by atoms with Crippen LogP contribution in [0.15, 0.2) is 54.1 Å². The summed E-state index contributed by atoms with van der Waals surface area (Å²) in [5, 5.41) is 0. The zero-order chi connectivity index (χ0) is 32.5. The predicted molar refractivity (Wildman–Crippen MR) is 169 cm³/mol. The van der Waals surface area contributed by atoms with Crippen molar-refractivity contribution in [3.8, 4) is 28.7 Å². The average Bonchev–Trinajstić information content (AvgIpc) is 3.01. The number of ketones is 1. The van der Waals surface area contributed by atoms with Crippen LogP contribution >= 0.6 is 0 Å². The average molecular weight is 615 g/mol. The molecule has 0 saturated heterocycles. The van der Waals surface area contributed by atoms with Crippen LogP contribution in [0, 0.1) is 5.92 Å². The summed E-state index contributed by atoms with van der Waals surface area (Å²) in [6.45, 7) is 10.3. The quantitative estimate of drug-likeness (QED) is 0.0661. The van der Waals surface area contributed by atoms with Crippen molar-refractivity contribution in [1.82, 2.24) is 0 Å². The molecule has 44 heavy (non-hydrogen) atoms. The number of rotatable bonds is 21. The number of hydrogen-bond donors (Lipinski definition) is 0. The first-order valence-corrected chi connectivity index (χ1v) is 14.1. The molecule has 0 aliphatic heterocycles. The molecule has 0 N–H and O–H groups in total. The molecule has 242 valence electrons. The molecule has 1 atom stereocenters. The Morgan fingerprint density at radius 1 is 0.795 bits per heavy atom. The van der Waals surface area contributed by atoms with Gasteiger partial charge in [0.25, 0.3) is 0 Å². The first-order valence-electron chi connectivity index (χ1n) is 14.1. The van der Waals surface area contributed by atoms with Gasteiger partial charge in [0.15, 0.2) is 33.0 Å². The van der Waals surface area contributed by atoms with Gasteiger partial charge in [0.05, 0.1) is 7.11 Å². The van der Waals surface area contributed by atoms with Gasteiger partial charge in [-0.3, -0.25) is 4.79 Å². The number of carbonyl (C=O) groups excluding carboxylic acids is 1. The molecule has 0 aromatic heterocycles. The van der Waals surface area contributed by atoms with Gasteiger partial charge < -0.3 is 42.6 Å². The second kappa shape index (κ2) is 19.4. The Kier molecular flexibility index (Phi) is 16.1. The van der Waals surface area contributed by atoms with Crippen molar-refractivity contribution in [2.45, 2.75) is 33.6 Å². The molecule has 1 unspecified atom stereocenters. The Morgan fingerprint density at radius 2 is 1.41 bits per heavy atom. The number of methoxy groups -OCH3 is 5. The molecule has 10 heteroatoms. The highest BCUT2D eigenvalue weighted by atomic mass is 16.7. The fourth-order valence-electron chi connectivity index (χ4n) is 4.22. The van der Waals surface area contributed by atoms with Crippen LogP contribution in [0.2, 0.25) is 0 Å². The number of carbonyl (C=O) groups is 1. The smallest absolute Gasteiger partial charge is 0.193 e. The molecule has 0 spiro atoms. The van der Waals surface area contributed by atoms with Crippen LogP contribution in [-0.2, 0) is 25.4 Å². The second-order valence-corrected chi connectivity index (χ2v) is 10.1. The topological polar surface area (TPSA) is 100 Å². The van der Waals surface area contributed by atoms with Gasteiger partial charge in [-0.05, 0) is 63.8 Å². The summed E-state index contributed by atoms with van der Waals surface area (Å²) in [4.78, 5) is 13.9. The monoisotopic (exact) mass is 614 g/mol. The maximum absolute atomic E-state index is 13.9. The highest BCUT2D eigenvalue weighted by molar-refractivity contribution is 6.11. The maximum Gasteiger partial charge on any atom is 0.193 e.